The molecule has 0 aliphatic rings. The second-order valence-corrected chi connectivity index (χ2v) is 10.5. The van der Waals surface area contributed by atoms with Gasteiger partial charge in [0.05, 0.1) is 0 Å². The first-order valence-corrected chi connectivity index (χ1v) is 15.5. The zero-order valence-electron chi connectivity index (χ0n) is 22.9. The van der Waals surface area contributed by atoms with Crippen molar-refractivity contribution in [2.75, 3.05) is 13.2 Å². The van der Waals surface area contributed by atoms with E-state index in [4.69, 9.17) is 4.74 Å². The molecule has 0 amide bonds. The fourth-order valence-corrected chi connectivity index (χ4v) is 4.72. The highest BCUT2D eigenvalue weighted by molar-refractivity contribution is 4.51. The van der Waals surface area contributed by atoms with Gasteiger partial charge in [0.25, 0.3) is 0 Å². The Labute approximate surface area is 205 Å². The summed E-state index contributed by atoms with van der Waals surface area (Å²) >= 11 is 0. The molecule has 0 heterocycles. The van der Waals surface area contributed by atoms with Crippen LogP contribution in [0, 0.1) is 0 Å². The summed E-state index contributed by atoms with van der Waals surface area (Å²) in [6, 6.07) is 0. The molecule has 1 nitrogen and oxygen atoms in total. The average molecular weight is 453 g/mol. The minimum Gasteiger partial charge on any atom is -0.381 e. The van der Waals surface area contributed by atoms with Crippen LogP contribution in [0.5, 0.6) is 0 Å². The van der Waals surface area contributed by atoms with Gasteiger partial charge in [-0.1, -0.05) is 174 Å². The van der Waals surface area contributed by atoms with Crippen LogP contribution < -0.4 is 0 Å². The summed E-state index contributed by atoms with van der Waals surface area (Å²) in [5.41, 5.74) is 0. The Balaban J connectivity index is 2.98. The van der Waals surface area contributed by atoms with E-state index in [1.54, 1.807) is 0 Å². The fraction of sp³-hybridized carbons (Fsp3) is 1.00. The first-order chi connectivity index (χ1) is 15.9. The number of ether oxygens (including phenoxy) is 1. The van der Waals surface area contributed by atoms with Crippen molar-refractivity contribution in [3.8, 4) is 0 Å². The van der Waals surface area contributed by atoms with Crippen molar-refractivity contribution in [1.29, 1.82) is 0 Å². The van der Waals surface area contributed by atoms with E-state index in [9.17, 15) is 0 Å². The van der Waals surface area contributed by atoms with Gasteiger partial charge in [-0.2, -0.15) is 0 Å². The van der Waals surface area contributed by atoms with E-state index < -0.39 is 0 Å². The zero-order valence-corrected chi connectivity index (χ0v) is 22.9. The van der Waals surface area contributed by atoms with E-state index in [1.807, 2.05) is 0 Å². The van der Waals surface area contributed by atoms with Crippen LogP contribution in [0.3, 0.4) is 0 Å². The van der Waals surface area contributed by atoms with E-state index in [0.29, 0.717) is 0 Å². The molecule has 1 heteroatoms. The van der Waals surface area contributed by atoms with Crippen LogP contribution in [0.4, 0.5) is 0 Å². The Hall–Kier alpha value is -0.0400. The van der Waals surface area contributed by atoms with E-state index in [1.165, 1.54) is 173 Å². The maximum Gasteiger partial charge on any atom is 0.0466 e. The summed E-state index contributed by atoms with van der Waals surface area (Å²) in [6.45, 7) is 6.59. The quantitative estimate of drug-likeness (QED) is 0.102. The second kappa shape index (κ2) is 31.0. The first-order valence-electron chi connectivity index (χ1n) is 15.5. The summed E-state index contributed by atoms with van der Waals surface area (Å²) in [5.74, 6) is 0. The van der Waals surface area contributed by atoms with Gasteiger partial charge in [-0.25, -0.2) is 0 Å². The third-order valence-corrected chi connectivity index (χ3v) is 7.03. The van der Waals surface area contributed by atoms with E-state index in [-0.39, 0.29) is 0 Å². The van der Waals surface area contributed by atoms with Gasteiger partial charge in [0.2, 0.25) is 0 Å². The molecule has 0 bridgehead atoms. The molecule has 0 aliphatic carbocycles. The molecule has 0 N–H and O–H groups in total. The van der Waals surface area contributed by atoms with Crippen molar-refractivity contribution >= 4 is 0 Å². The summed E-state index contributed by atoms with van der Waals surface area (Å²) in [4.78, 5) is 0. The average Bonchev–Trinajstić information content (AvgIpc) is 2.81. The molecule has 32 heavy (non-hydrogen) atoms. The van der Waals surface area contributed by atoms with Gasteiger partial charge in [-0.3, -0.25) is 0 Å². The van der Waals surface area contributed by atoms with E-state index in [0.717, 1.165) is 13.2 Å². The zero-order chi connectivity index (χ0) is 23.2. The predicted molar refractivity (Wildman–Crippen MR) is 147 cm³/mol. The highest BCUT2D eigenvalue weighted by atomic mass is 16.5. The van der Waals surface area contributed by atoms with Gasteiger partial charge in [0.1, 0.15) is 0 Å². The summed E-state index contributed by atoms with van der Waals surface area (Å²) in [7, 11) is 0. The van der Waals surface area contributed by atoms with Gasteiger partial charge < -0.3 is 4.74 Å². The fourth-order valence-electron chi connectivity index (χ4n) is 4.72. The largest absolute Gasteiger partial charge is 0.381 e. The topological polar surface area (TPSA) is 9.23 Å². The second-order valence-electron chi connectivity index (χ2n) is 10.5. The minimum atomic E-state index is 0.996. The molecule has 194 valence electrons. The van der Waals surface area contributed by atoms with Crippen LogP contribution in [-0.4, -0.2) is 13.2 Å². The summed E-state index contributed by atoms with van der Waals surface area (Å²) in [6.07, 6.45) is 38.6. The predicted octanol–water partition coefficient (Wildman–Crippen LogP) is 11.6. The Kier molecular flexibility index (Phi) is 30.9. The lowest BCUT2D eigenvalue weighted by atomic mass is 10.0. The standard InChI is InChI=1S/C31H64O/c1-3-5-7-9-11-13-15-16-17-18-19-21-23-25-27-29-31-32-30-28-26-24-22-20-14-12-10-8-6-4-2/h3-31H2,1-2H3. The summed E-state index contributed by atoms with van der Waals surface area (Å²) < 4.78 is 5.84. The van der Waals surface area contributed by atoms with Crippen molar-refractivity contribution < 1.29 is 4.74 Å². The highest BCUT2D eigenvalue weighted by Gasteiger charge is 1.96. The van der Waals surface area contributed by atoms with Crippen LogP contribution in [-0.2, 0) is 4.74 Å². The van der Waals surface area contributed by atoms with Crippen molar-refractivity contribution in [3.05, 3.63) is 0 Å². The van der Waals surface area contributed by atoms with Gasteiger partial charge >= 0.3 is 0 Å². The molecular formula is C31H64O. The Morgan fingerprint density at radius 3 is 0.656 bits per heavy atom. The lowest BCUT2D eigenvalue weighted by Gasteiger charge is -2.05. The van der Waals surface area contributed by atoms with Crippen LogP contribution in [0.1, 0.15) is 187 Å². The third kappa shape index (κ3) is 30.0. The molecule has 0 aromatic carbocycles. The molecule has 0 rings (SSSR count). The maximum absolute atomic E-state index is 5.84. The normalized spacial score (nSPS) is 11.4. The Bertz CT molecular complexity index is 271. The minimum absolute atomic E-state index is 0.996. The van der Waals surface area contributed by atoms with Crippen molar-refractivity contribution in [1.82, 2.24) is 0 Å². The number of unbranched alkanes of at least 4 members (excludes halogenated alkanes) is 25. The van der Waals surface area contributed by atoms with Crippen molar-refractivity contribution in [3.63, 3.8) is 0 Å². The van der Waals surface area contributed by atoms with E-state index in [2.05, 4.69) is 13.8 Å². The molecule has 0 atom stereocenters. The SMILES string of the molecule is CCCCCCCCCCCCCCCCCCOCCCCCCCCCCCCC. The Morgan fingerprint density at radius 1 is 0.250 bits per heavy atom. The molecular weight excluding hydrogens is 388 g/mol. The molecule has 0 aliphatic heterocycles. The first kappa shape index (κ1) is 32.0. The van der Waals surface area contributed by atoms with Crippen LogP contribution in [0.15, 0.2) is 0 Å². The molecule has 0 saturated heterocycles. The smallest absolute Gasteiger partial charge is 0.0466 e. The van der Waals surface area contributed by atoms with Crippen LogP contribution >= 0.6 is 0 Å². The molecule has 0 saturated carbocycles. The van der Waals surface area contributed by atoms with Crippen LogP contribution in [0.2, 0.25) is 0 Å². The maximum atomic E-state index is 5.84. The number of hydrogen-bond acceptors (Lipinski definition) is 1. The molecule has 0 unspecified atom stereocenters. The van der Waals surface area contributed by atoms with Gasteiger partial charge in [-0.05, 0) is 12.8 Å². The Morgan fingerprint density at radius 2 is 0.438 bits per heavy atom. The summed E-state index contributed by atoms with van der Waals surface area (Å²) in [5, 5.41) is 0. The molecule has 0 aromatic heterocycles. The molecule has 0 radical (unpaired) electrons. The third-order valence-electron chi connectivity index (χ3n) is 7.03. The molecule has 0 aromatic rings. The molecule has 0 spiro atoms. The molecule has 0 fully saturated rings. The van der Waals surface area contributed by atoms with Crippen molar-refractivity contribution in [2.24, 2.45) is 0 Å². The van der Waals surface area contributed by atoms with Gasteiger partial charge in [0.15, 0.2) is 0 Å². The van der Waals surface area contributed by atoms with Crippen molar-refractivity contribution in [2.45, 2.75) is 187 Å². The monoisotopic (exact) mass is 452 g/mol. The van der Waals surface area contributed by atoms with E-state index >= 15 is 0 Å². The van der Waals surface area contributed by atoms with Gasteiger partial charge in [-0.15, -0.1) is 0 Å². The lowest BCUT2D eigenvalue weighted by molar-refractivity contribution is 0.125. The lowest BCUT2D eigenvalue weighted by Crippen LogP contribution is -1.97. The highest BCUT2D eigenvalue weighted by Crippen LogP contribution is 2.14. The van der Waals surface area contributed by atoms with Gasteiger partial charge in [0, 0.05) is 13.2 Å². The number of hydrogen-bond donors (Lipinski definition) is 0. The number of rotatable bonds is 29. The van der Waals surface area contributed by atoms with Crippen LogP contribution in [0.25, 0.3) is 0 Å².